The van der Waals surface area contributed by atoms with Gasteiger partial charge in [0.15, 0.2) is 5.82 Å². The fourth-order valence-corrected chi connectivity index (χ4v) is 1.88. The number of nitrogens with zero attached hydrogens (tertiary/aromatic N) is 4. The molecule has 0 aliphatic carbocycles. The Morgan fingerprint density at radius 2 is 2.00 bits per heavy atom. The van der Waals surface area contributed by atoms with Gasteiger partial charge in [0.05, 0.1) is 11.4 Å². The average molecular weight is 261 g/mol. The van der Waals surface area contributed by atoms with Crippen molar-refractivity contribution in [2.24, 2.45) is 7.05 Å². The maximum absolute atomic E-state index is 12.3. The van der Waals surface area contributed by atoms with Crippen LogP contribution < -0.4 is 10.9 Å². The monoisotopic (exact) mass is 261 g/mol. The van der Waals surface area contributed by atoms with Gasteiger partial charge in [-0.05, 0) is 27.7 Å². The first-order valence-corrected chi connectivity index (χ1v) is 6.14. The quantitative estimate of drug-likeness (QED) is 0.895. The smallest absolute Gasteiger partial charge is 0.294 e. The Kier molecular flexibility index (Phi) is 3.18. The van der Waals surface area contributed by atoms with Gasteiger partial charge in [0.25, 0.3) is 5.56 Å². The van der Waals surface area contributed by atoms with Crippen LogP contribution in [0, 0.1) is 6.92 Å². The molecule has 6 heteroatoms. The fraction of sp³-hybridized carbons (Fsp3) is 0.462. The summed E-state index contributed by atoms with van der Waals surface area (Å²) in [5, 5.41) is 7.27. The second-order valence-corrected chi connectivity index (χ2v) is 5.55. The summed E-state index contributed by atoms with van der Waals surface area (Å²) in [6.45, 7) is 7.82. The van der Waals surface area contributed by atoms with Gasteiger partial charge in [-0.15, -0.1) is 0 Å². The van der Waals surface area contributed by atoms with E-state index in [-0.39, 0.29) is 11.1 Å². The molecule has 0 unspecified atom stereocenters. The average Bonchev–Trinajstić information content (AvgIpc) is 2.59. The lowest BCUT2D eigenvalue weighted by Crippen LogP contribution is -2.34. The van der Waals surface area contributed by atoms with Crippen LogP contribution in [0.25, 0.3) is 0 Å². The Balaban J connectivity index is 2.42. The molecule has 2 aromatic heterocycles. The number of hydrogen-bond acceptors (Lipinski definition) is 4. The summed E-state index contributed by atoms with van der Waals surface area (Å²) in [7, 11) is 1.84. The Hall–Kier alpha value is -2.11. The molecule has 0 saturated carbocycles. The molecular weight excluding hydrogens is 242 g/mol. The first-order chi connectivity index (χ1) is 8.79. The fourth-order valence-electron chi connectivity index (χ4n) is 1.88. The molecule has 0 radical (unpaired) electrons. The van der Waals surface area contributed by atoms with Crippen LogP contribution in [0.15, 0.2) is 23.4 Å². The van der Waals surface area contributed by atoms with Crippen molar-refractivity contribution in [1.29, 1.82) is 0 Å². The van der Waals surface area contributed by atoms with Gasteiger partial charge < -0.3 is 9.88 Å². The van der Waals surface area contributed by atoms with Gasteiger partial charge in [0.2, 0.25) is 0 Å². The third-order valence-electron chi connectivity index (χ3n) is 2.83. The summed E-state index contributed by atoms with van der Waals surface area (Å²) in [5.41, 5.74) is 1.20. The lowest BCUT2D eigenvalue weighted by molar-refractivity contribution is 0.383. The van der Waals surface area contributed by atoms with Crippen LogP contribution >= 0.6 is 0 Å². The molecule has 102 valence electrons. The van der Waals surface area contributed by atoms with Gasteiger partial charge in [0.1, 0.15) is 0 Å². The number of nitrogens with one attached hydrogen (secondary N) is 1. The molecule has 2 aromatic rings. The molecular formula is C13H19N5O. The third kappa shape index (κ3) is 2.67. The summed E-state index contributed by atoms with van der Waals surface area (Å²) in [6, 6.07) is 0. The van der Waals surface area contributed by atoms with Gasteiger partial charge in [-0.2, -0.15) is 5.10 Å². The Bertz CT molecular complexity index is 648. The summed E-state index contributed by atoms with van der Waals surface area (Å²) in [5.74, 6) is 0.313. The molecule has 0 spiro atoms. The minimum atomic E-state index is -0.277. The zero-order valence-electron chi connectivity index (χ0n) is 11.9. The number of aryl methyl sites for hydroxylation is 2. The van der Waals surface area contributed by atoms with E-state index in [0.29, 0.717) is 5.82 Å². The van der Waals surface area contributed by atoms with E-state index < -0.39 is 0 Å². The van der Waals surface area contributed by atoms with E-state index in [1.165, 1.54) is 0 Å². The van der Waals surface area contributed by atoms with Crippen molar-refractivity contribution < 1.29 is 0 Å². The summed E-state index contributed by atoms with van der Waals surface area (Å²) in [4.78, 5) is 16.5. The predicted octanol–water partition coefficient (Wildman–Crippen LogP) is 1.78. The highest BCUT2D eigenvalue weighted by molar-refractivity contribution is 5.56. The first-order valence-electron chi connectivity index (χ1n) is 6.14. The van der Waals surface area contributed by atoms with Crippen LogP contribution in [0.4, 0.5) is 11.5 Å². The van der Waals surface area contributed by atoms with Crippen LogP contribution in [0.1, 0.15) is 26.5 Å². The molecule has 0 atom stereocenters. The van der Waals surface area contributed by atoms with Crippen molar-refractivity contribution in [3.63, 3.8) is 0 Å². The molecule has 1 N–H and O–H groups in total. The van der Waals surface area contributed by atoms with E-state index in [9.17, 15) is 4.79 Å². The molecule has 2 heterocycles. The summed E-state index contributed by atoms with van der Waals surface area (Å²) < 4.78 is 3.36. The topological polar surface area (TPSA) is 64.7 Å². The van der Waals surface area contributed by atoms with E-state index >= 15 is 0 Å². The Morgan fingerprint density at radius 3 is 2.53 bits per heavy atom. The molecule has 2 rings (SSSR count). The minimum Gasteiger partial charge on any atom is -0.333 e. The molecule has 0 amide bonds. The van der Waals surface area contributed by atoms with Crippen LogP contribution in [0.5, 0.6) is 0 Å². The Labute approximate surface area is 112 Å². The highest BCUT2D eigenvalue weighted by Crippen LogP contribution is 2.16. The van der Waals surface area contributed by atoms with Crippen LogP contribution in [0.2, 0.25) is 0 Å². The lowest BCUT2D eigenvalue weighted by atomic mass is 10.1. The van der Waals surface area contributed by atoms with Crippen LogP contribution in [-0.4, -0.2) is 19.3 Å². The van der Waals surface area contributed by atoms with Crippen LogP contribution in [-0.2, 0) is 12.6 Å². The lowest BCUT2D eigenvalue weighted by Gasteiger charge is -2.22. The van der Waals surface area contributed by atoms with Gasteiger partial charge in [-0.1, -0.05) is 0 Å². The number of anilines is 2. The van der Waals surface area contributed by atoms with Gasteiger partial charge in [0, 0.05) is 31.2 Å². The SMILES string of the molecule is Cc1nn(C)cc1Nc1nccn(C(C)(C)C)c1=O. The van der Waals surface area contributed by atoms with Crippen molar-refractivity contribution in [2.45, 2.75) is 33.2 Å². The first kappa shape index (κ1) is 13.3. The maximum Gasteiger partial charge on any atom is 0.294 e. The van der Waals surface area contributed by atoms with Gasteiger partial charge in [-0.25, -0.2) is 4.98 Å². The standard InChI is InChI=1S/C13H19N5O/c1-9-10(8-17(5)16-9)15-11-12(19)18(7-6-14-11)13(2,3)4/h6-8H,1-5H3,(H,14,15). The van der Waals surface area contributed by atoms with E-state index in [2.05, 4.69) is 15.4 Å². The summed E-state index contributed by atoms with van der Waals surface area (Å²) in [6.07, 6.45) is 5.15. The van der Waals surface area contributed by atoms with Gasteiger partial charge in [-0.3, -0.25) is 9.48 Å². The minimum absolute atomic E-state index is 0.141. The highest BCUT2D eigenvalue weighted by Gasteiger charge is 2.17. The number of aromatic nitrogens is 4. The van der Waals surface area contributed by atoms with E-state index in [1.54, 1.807) is 21.6 Å². The molecule has 0 saturated heterocycles. The van der Waals surface area contributed by atoms with E-state index in [4.69, 9.17) is 0 Å². The van der Waals surface area contributed by atoms with Gasteiger partial charge >= 0.3 is 0 Å². The molecule has 0 fully saturated rings. The normalized spacial score (nSPS) is 11.6. The molecule has 0 bridgehead atoms. The van der Waals surface area contributed by atoms with Crippen molar-refractivity contribution in [3.8, 4) is 0 Å². The number of hydrogen-bond donors (Lipinski definition) is 1. The second kappa shape index (κ2) is 4.53. The molecule has 0 aromatic carbocycles. The summed E-state index contributed by atoms with van der Waals surface area (Å²) >= 11 is 0. The third-order valence-corrected chi connectivity index (χ3v) is 2.83. The van der Waals surface area contributed by atoms with E-state index in [1.807, 2.05) is 40.9 Å². The zero-order valence-corrected chi connectivity index (χ0v) is 11.9. The van der Waals surface area contributed by atoms with Crippen molar-refractivity contribution in [2.75, 3.05) is 5.32 Å². The Morgan fingerprint density at radius 1 is 1.32 bits per heavy atom. The second-order valence-electron chi connectivity index (χ2n) is 5.55. The molecule has 0 aliphatic heterocycles. The van der Waals surface area contributed by atoms with E-state index in [0.717, 1.165) is 11.4 Å². The zero-order chi connectivity index (χ0) is 14.2. The van der Waals surface area contributed by atoms with Crippen molar-refractivity contribution >= 4 is 11.5 Å². The molecule has 19 heavy (non-hydrogen) atoms. The predicted molar refractivity (Wildman–Crippen MR) is 74.7 cm³/mol. The number of rotatable bonds is 2. The largest absolute Gasteiger partial charge is 0.333 e. The maximum atomic E-state index is 12.3. The molecule has 0 aliphatic rings. The molecule has 6 nitrogen and oxygen atoms in total. The van der Waals surface area contributed by atoms with Crippen LogP contribution in [0.3, 0.4) is 0 Å². The van der Waals surface area contributed by atoms with Crippen molar-refractivity contribution in [1.82, 2.24) is 19.3 Å². The van der Waals surface area contributed by atoms with Crippen molar-refractivity contribution in [3.05, 3.63) is 34.6 Å². The highest BCUT2D eigenvalue weighted by atomic mass is 16.1.